The Hall–Kier alpha value is -3.86. The fraction of sp³-hybridized carbons (Fsp3) is 0.263. The van der Waals surface area contributed by atoms with Crippen LogP contribution in [0.4, 0.5) is 17.5 Å². The molecule has 0 amide bonds. The highest BCUT2D eigenvalue weighted by atomic mass is 16.5. The fourth-order valence-electron chi connectivity index (χ4n) is 3.59. The molecule has 0 unspecified atom stereocenters. The minimum atomic E-state index is 0.0502. The number of nitrogens with two attached hydrogens (primary N) is 2. The maximum Gasteiger partial charge on any atom is 0.224 e. The molecule has 1 aliphatic heterocycles. The molecular weight excluding hydrogens is 388 g/mol. The van der Waals surface area contributed by atoms with E-state index in [0.717, 1.165) is 18.8 Å². The lowest BCUT2D eigenvalue weighted by molar-refractivity contribution is 0.122. The zero-order chi connectivity index (χ0) is 20.7. The Morgan fingerprint density at radius 2 is 1.97 bits per heavy atom. The summed E-state index contributed by atoms with van der Waals surface area (Å²) in [7, 11) is 1.61. The van der Waals surface area contributed by atoms with Crippen LogP contribution in [-0.4, -0.2) is 58.1 Å². The van der Waals surface area contributed by atoms with Crippen molar-refractivity contribution < 1.29 is 13.9 Å². The molecule has 0 bridgehead atoms. The van der Waals surface area contributed by atoms with Crippen LogP contribution in [0.5, 0.6) is 5.75 Å². The van der Waals surface area contributed by atoms with Crippen molar-refractivity contribution in [3.05, 3.63) is 30.8 Å². The second-order valence-electron chi connectivity index (χ2n) is 6.75. The number of hydrogen-bond donors (Lipinski definition) is 2. The van der Waals surface area contributed by atoms with E-state index in [0.29, 0.717) is 47.1 Å². The molecule has 1 aromatic carbocycles. The predicted molar refractivity (Wildman–Crippen MR) is 111 cm³/mol. The summed E-state index contributed by atoms with van der Waals surface area (Å²) in [5.74, 6) is 1.33. The van der Waals surface area contributed by atoms with E-state index in [1.807, 2.05) is 18.2 Å². The molecule has 154 valence electrons. The van der Waals surface area contributed by atoms with Gasteiger partial charge in [-0.2, -0.15) is 15.1 Å². The van der Waals surface area contributed by atoms with Gasteiger partial charge in [-0.1, -0.05) is 0 Å². The van der Waals surface area contributed by atoms with E-state index in [1.54, 1.807) is 18.0 Å². The smallest absolute Gasteiger partial charge is 0.224 e. The lowest BCUT2D eigenvalue weighted by Gasteiger charge is -2.29. The van der Waals surface area contributed by atoms with Gasteiger partial charge < -0.3 is 30.3 Å². The molecule has 0 saturated carbocycles. The third kappa shape index (κ3) is 2.95. The largest absolute Gasteiger partial charge is 0.494 e. The Morgan fingerprint density at radius 1 is 1.13 bits per heavy atom. The van der Waals surface area contributed by atoms with E-state index in [9.17, 15) is 0 Å². The summed E-state index contributed by atoms with van der Waals surface area (Å²) in [4.78, 5) is 14.7. The van der Waals surface area contributed by atoms with Gasteiger partial charge in [0.15, 0.2) is 17.8 Å². The quantitative estimate of drug-likeness (QED) is 0.509. The van der Waals surface area contributed by atoms with Crippen molar-refractivity contribution in [2.24, 2.45) is 0 Å². The van der Waals surface area contributed by atoms with Crippen molar-refractivity contribution >= 4 is 28.5 Å². The lowest BCUT2D eigenvalue weighted by Crippen LogP contribution is -2.36. The second kappa shape index (κ2) is 7.19. The maximum absolute atomic E-state index is 6.15. The number of rotatable bonds is 4. The van der Waals surface area contributed by atoms with Gasteiger partial charge in [0.25, 0.3) is 0 Å². The SMILES string of the molecule is COc1cc(N2CCOCC2)ccc1-n1nc(-c2cnco2)c2c(N)nc(N)nc21. The molecular formula is C19H20N8O3. The standard InChI is InChI=1S/C19H20N8O3/c1-28-13-8-11(26-4-6-29-7-5-26)2-3-12(13)27-18-15(17(20)23-19(21)24-18)16(25-27)14-9-22-10-30-14/h2-3,8-10H,4-7H2,1H3,(H4,20,21,23,24). The van der Waals surface area contributed by atoms with Crippen LogP contribution in [0.1, 0.15) is 0 Å². The van der Waals surface area contributed by atoms with Crippen molar-refractivity contribution in [1.29, 1.82) is 0 Å². The second-order valence-corrected chi connectivity index (χ2v) is 6.75. The third-order valence-electron chi connectivity index (χ3n) is 5.01. The molecule has 1 fully saturated rings. The fourth-order valence-corrected chi connectivity index (χ4v) is 3.59. The molecule has 4 heterocycles. The van der Waals surface area contributed by atoms with Gasteiger partial charge in [-0.15, -0.1) is 0 Å². The molecule has 5 rings (SSSR count). The molecule has 11 heteroatoms. The highest BCUT2D eigenvalue weighted by molar-refractivity contribution is 5.98. The highest BCUT2D eigenvalue weighted by Gasteiger charge is 2.23. The van der Waals surface area contributed by atoms with E-state index in [2.05, 4.69) is 25.0 Å². The molecule has 1 aliphatic rings. The van der Waals surface area contributed by atoms with E-state index < -0.39 is 0 Å². The molecule has 3 aromatic heterocycles. The van der Waals surface area contributed by atoms with E-state index in [-0.39, 0.29) is 11.8 Å². The molecule has 0 spiro atoms. The molecule has 1 saturated heterocycles. The summed E-state index contributed by atoms with van der Waals surface area (Å²) in [5, 5.41) is 5.21. The summed E-state index contributed by atoms with van der Waals surface area (Å²) in [6.45, 7) is 3.04. The number of ether oxygens (including phenoxy) is 2. The number of anilines is 3. The first kappa shape index (κ1) is 18.2. The number of methoxy groups -OCH3 is 1. The maximum atomic E-state index is 6.15. The normalized spacial score (nSPS) is 14.4. The number of morpholine rings is 1. The Kier molecular flexibility index (Phi) is 4.36. The van der Waals surface area contributed by atoms with Crippen molar-refractivity contribution in [1.82, 2.24) is 24.7 Å². The van der Waals surface area contributed by atoms with Gasteiger partial charge >= 0.3 is 0 Å². The summed E-state index contributed by atoms with van der Waals surface area (Å²) in [5.41, 5.74) is 14.7. The molecule has 0 atom stereocenters. The Bertz CT molecular complexity index is 1200. The van der Waals surface area contributed by atoms with E-state index in [1.165, 1.54) is 6.39 Å². The average Bonchev–Trinajstić information content (AvgIpc) is 3.42. The van der Waals surface area contributed by atoms with Crippen LogP contribution in [0.3, 0.4) is 0 Å². The molecule has 30 heavy (non-hydrogen) atoms. The number of benzene rings is 1. The van der Waals surface area contributed by atoms with Gasteiger partial charge in [0.05, 0.1) is 31.9 Å². The molecule has 0 aliphatic carbocycles. The van der Waals surface area contributed by atoms with Gasteiger partial charge in [-0.3, -0.25) is 0 Å². The highest BCUT2D eigenvalue weighted by Crippen LogP contribution is 2.36. The Balaban J connectivity index is 1.69. The minimum Gasteiger partial charge on any atom is -0.494 e. The first-order chi connectivity index (χ1) is 14.7. The van der Waals surface area contributed by atoms with Crippen molar-refractivity contribution in [2.75, 3.05) is 49.8 Å². The predicted octanol–water partition coefficient (Wildman–Crippen LogP) is 1.48. The first-order valence-corrected chi connectivity index (χ1v) is 9.37. The summed E-state index contributed by atoms with van der Waals surface area (Å²) >= 11 is 0. The lowest BCUT2D eigenvalue weighted by atomic mass is 10.2. The number of fused-ring (bicyclic) bond motifs is 1. The van der Waals surface area contributed by atoms with Crippen LogP contribution >= 0.6 is 0 Å². The van der Waals surface area contributed by atoms with Crippen molar-refractivity contribution in [2.45, 2.75) is 0 Å². The van der Waals surface area contributed by atoms with Gasteiger partial charge in [-0.25, -0.2) is 9.67 Å². The molecule has 0 radical (unpaired) electrons. The van der Waals surface area contributed by atoms with E-state index in [4.69, 9.17) is 25.4 Å². The molecule has 4 N–H and O–H groups in total. The molecule has 11 nitrogen and oxygen atoms in total. The third-order valence-corrected chi connectivity index (χ3v) is 5.01. The molecule has 4 aromatic rings. The van der Waals surface area contributed by atoms with Crippen molar-refractivity contribution in [3.8, 4) is 22.9 Å². The Labute approximate surface area is 171 Å². The van der Waals surface area contributed by atoms with Crippen LogP contribution in [0, 0.1) is 0 Å². The topological polar surface area (TPSA) is 143 Å². The van der Waals surface area contributed by atoms with E-state index >= 15 is 0 Å². The Morgan fingerprint density at radius 3 is 2.70 bits per heavy atom. The number of oxazole rings is 1. The zero-order valence-corrected chi connectivity index (χ0v) is 16.3. The monoisotopic (exact) mass is 408 g/mol. The van der Waals surface area contributed by atoms with Crippen LogP contribution in [0.15, 0.2) is 35.2 Å². The van der Waals surface area contributed by atoms with Crippen LogP contribution in [0.25, 0.3) is 28.2 Å². The van der Waals surface area contributed by atoms with Gasteiger partial charge in [-0.05, 0) is 12.1 Å². The summed E-state index contributed by atoms with van der Waals surface area (Å²) in [6, 6.07) is 5.91. The summed E-state index contributed by atoms with van der Waals surface area (Å²) < 4.78 is 18.2. The van der Waals surface area contributed by atoms with Crippen LogP contribution in [-0.2, 0) is 4.74 Å². The minimum absolute atomic E-state index is 0.0502. The number of aromatic nitrogens is 5. The van der Waals surface area contributed by atoms with Gasteiger partial charge in [0, 0.05) is 24.8 Å². The van der Waals surface area contributed by atoms with Gasteiger partial charge in [0.1, 0.15) is 22.9 Å². The number of hydrogen-bond acceptors (Lipinski definition) is 10. The average molecular weight is 408 g/mol. The number of nitrogen functional groups attached to an aromatic ring is 2. The number of nitrogens with zero attached hydrogens (tertiary/aromatic N) is 6. The zero-order valence-electron chi connectivity index (χ0n) is 16.3. The first-order valence-electron chi connectivity index (χ1n) is 9.37. The van der Waals surface area contributed by atoms with Crippen LogP contribution < -0.4 is 21.1 Å². The summed E-state index contributed by atoms with van der Waals surface area (Å²) in [6.07, 6.45) is 2.88. The van der Waals surface area contributed by atoms with Crippen LogP contribution in [0.2, 0.25) is 0 Å². The van der Waals surface area contributed by atoms with Gasteiger partial charge in [0.2, 0.25) is 5.95 Å². The van der Waals surface area contributed by atoms with Crippen molar-refractivity contribution in [3.63, 3.8) is 0 Å².